The normalized spacial score (nSPS) is 9.00. The molecule has 13 heavy (non-hydrogen) atoms. The number of carbonyl (C=O) groups excluding carboxylic acids is 1. The predicted octanol–water partition coefficient (Wildman–Crippen LogP) is 1.72. The molecule has 1 aromatic rings. The highest BCUT2D eigenvalue weighted by Gasteiger charge is 2.04. The van der Waals surface area contributed by atoms with Crippen LogP contribution in [0.25, 0.3) is 0 Å². The number of benzene rings is 1. The number of hydrogen-bond acceptors (Lipinski definition) is 3. The van der Waals surface area contributed by atoms with Gasteiger partial charge in [-0.1, -0.05) is 42.5 Å². The summed E-state index contributed by atoms with van der Waals surface area (Å²) in [5.74, 6) is 0. The van der Waals surface area contributed by atoms with Gasteiger partial charge < -0.3 is 4.74 Å². The van der Waals surface area contributed by atoms with Crippen molar-refractivity contribution in [2.75, 3.05) is 7.11 Å². The van der Waals surface area contributed by atoms with Crippen LogP contribution in [0.4, 0.5) is 4.79 Å². The minimum absolute atomic E-state index is 0.368. The number of ether oxygens (including phenoxy) is 1. The molecule has 0 atom stereocenters. The van der Waals surface area contributed by atoms with Crippen LogP contribution >= 0.6 is 12.2 Å². The van der Waals surface area contributed by atoms with Gasteiger partial charge in [-0.15, -0.1) is 0 Å². The lowest BCUT2D eigenvalue weighted by molar-refractivity contribution is 0.177. The second kappa shape index (κ2) is 4.57. The Morgan fingerprint density at radius 3 is 2.54 bits per heavy atom. The van der Waals surface area contributed by atoms with Gasteiger partial charge >= 0.3 is 6.09 Å². The molecule has 0 aliphatic carbocycles. The molecule has 0 fully saturated rings. The lowest BCUT2D eigenvalue weighted by atomic mass is 10.2. The third-order valence-corrected chi connectivity index (χ3v) is 1.77. The summed E-state index contributed by atoms with van der Waals surface area (Å²) in [5, 5.41) is 2.42. The minimum Gasteiger partial charge on any atom is -0.453 e. The summed E-state index contributed by atoms with van der Waals surface area (Å²) >= 11 is 4.95. The first-order chi connectivity index (χ1) is 6.24. The highest BCUT2D eigenvalue weighted by Crippen LogP contribution is 1.98. The maximum atomic E-state index is 10.8. The average Bonchev–Trinajstić information content (AvgIpc) is 2.19. The molecule has 0 aliphatic heterocycles. The number of alkyl carbamates (subject to hydrolysis) is 1. The van der Waals surface area contributed by atoms with E-state index >= 15 is 0 Å². The van der Waals surface area contributed by atoms with Crippen molar-refractivity contribution in [3.05, 3.63) is 35.9 Å². The average molecular weight is 195 g/mol. The summed E-state index contributed by atoms with van der Waals surface area (Å²) in [6.07, 6.45) is -0.547. The maximum Gasteiger partial charge on any atom is 0.412 e. The van der Waals surface area contributed by atoms with E-state index in [0.29, 0.717) is 4.99 Å². The lowest BCUT2D eigenvalue weighted by Crippen LogP contribution is -2.29. The summed E-state index contributed by atoms with van der Waals surface area (Å²) in [7, 11) is 1.29. The number of carbonyl (C=O) groups is 1. The molecular weight excluding hydrogens is 186 g/mol. The van der Waals surface area contributed by atoms with Gasteiger partial charge in [-0.05, 0) is 0 Å². The Bertz CT molecular complexity index is 311. The molecule has 0 aliphatic rings. The van der Waals surface area contributed by atoms with E-state index in [-0.39, 0.29) is 0 Å². The molecule has 0 unspecified atom stereocenters. The maximum absolute atomic E-state index is 10.8. The van der Waals surface area contributed by atoms with Crippen molar-refractivity contribution in [3.63, 3.8) is 0 Å². The van der Waals surface area contributed by atoms with Crippen LogP contribution in [0.15, 0.2) is 30.3 Å². The summed E-state index contributed by atoms with van der Waals surface area (Å²) in [4.78, 5) is 11.1. The van der Waals surface area contributed by atoms with Gasteiger partial charge in [-0.25, -0.2) is 4.79 Å². The van der Waals surface area contributed by atoms with Crippen LogP contribution in [-0.2, 0) is 4.74 Å². The first-order valence-corrected chi connectivity index (χ1v) is 4.09. The largest absolute Gasteiger partial charge is 0.453 e. The number of hydrogen-bond donors (Lipinski definition) is 1. The number of nitrogens with one attached hydrogen (secondary N) is 1. The highest BCUT2D eigenvalue weighted by atomic mass is 32.1. The van der Waals surface area contributed by atoms with Crippen molar-refractivity contribution in [2.24, 2.45) is 0 Å². The summed E-state index contributed by atoms with van der Waals surface area (Å²) in [6, 6.07) is 9.21. The molecule has 3 nitrogen and oxygen atoms in total. The van der Waals surface area contributed by atoms with Crippen LogP contribution in [0.3, 0.4) is 0 Å². The monoisotopic (exact) mass is 195 g/mol. The van der Waals surface area contributed by atoms with Crippen molar-refractivity contribution in [1.29, 1.82) is 0 Å². The van der Waals surface area contributed by atoms with Crippen LogP contribution in [0, 0.1) is 0 Å². The molecule has 1 aromatic carbocycles. The number of thiocarbonyl (C=S) groups is 1. The smallest absolute Gasteiger partial charge is 0.412 e. The SMILES string of the molecule is COC(=O)NC(=S)c1ccccc1. The molecule has 1 rings (SSSR count). The van der Waals surface area contributed by atoms with Gasteiger partial charge in [0.1, 0.15) is 4.99 Å². The zero-order chi connectivity index (χ0) is 9.68. The Labute approximate surface area is 81.7 Å². The summed E-state index contributed by atoms with van der Waals surface area (Å²) < 4.78 is 4.40. The van der Waals surface area contributed by atoms with Gasteiger partial charge in [0.15, 0.2) is 0 Å². The molecule has 0 heterocycles. The van der Waals surface area contributed by atoms with E-state index in [1.165, 1.54) is 7.11 Å². The van der Waals surface area contributed by atoms with E-state index in [0.717, 1.165) is 5.56 Å². The van der Waals surface area contributed by atoms with Crippen molar-refractivity contribution in [3.8, 4) is 0 Å². The topological polar surface area (TPSA) is 38.3 Å². The number of amides is 1. The molecule has 0 saturated carbocycles. The molecule has 0 aromatic heterocycles. The molecule has 1 amide bonds. The van der Waals surface area contributed by atoms with Crippen molar-refractivity contribution < 1.29 is 9.53 Å². The van der Waals surface area contributed by atoms with Crippen LogP contribution < -0.4 is 5.32 Å². The molecule has 0 radical (unpaired) electrons. The second-order valence-corrected chi connectivity index (χ2v) is 2.72. The van der Waals surface area contributed by atoms with Gasteiger partial charge in [-0.3, -0.25) is 5.32 Å². The Hall–Kier alpha value is -1.42. The standard InChI is InChI=1S/C9H9NO2S/c1-12-9(11)10-8(13)7-5-3-2-4-6-7/h2-6H,1H3,(H,10,11,13). The Morgan fingerprint density at radius 1 is 1.38 bits per heavy atom. The van der Waals surface area contributed by atoms with E-state index < -0.39 is 6.09 Å². The highest BCUT2D eigenvalue weighted by molar-refractivity contribution is 7.80. The van der Waals surface area contributed by atoms with E-state index in [4.69, 9.17) is 12.2 Å². The van der Waals surface area contributed by atoms with Crippen LogP contribution in [0.2, 0.25) is 0 Å². The molecule has 4 heteroatoms. The fourth-order valence-electron chi connectivity index (χ4n) is 0.805. The molecule has 0 saturated heterocycles. The van der Waals surface area contributed by atoms with Crippen molar-refractivity contribution in [1.82, 2.24) is 5.32 Å². The van der Waals surface area contributed by atoms with E-state index in [1.807, 2.05) is 30.3 Å². The molecule has 68 valence electrons. The third kappa shape index (κ3) is 2.83. The first kappa shape index (κ1) is 9.67. The van der Waals surface area contributed by atoms with Crippen molar-refractivity contribution in [2.45, 2.75) is 0 Å². The van der Waals surface area contributed by atoms with Crippen LogP contribution in [0.5, 0.6) is 0 Å². The summed E-state index contributed by atoms with van der Waals surface area (Å²) in [6.45, 7) is 0. The number of rotatable bonds is 1. The van der Waals surface area contributed by atoms with E-state index in [2.05, 4.69) is 10.1 Å². The van der Waals surface area contributed by atoms with E-state index in [9.17, 15) is 4.79 Å². The van der Waals surface area contributed by atoms with Gasteiger partial charge in [0.2, 0.25) is 0 Å². The number of methoxy groups -OCH3 is 1. The molecular formula is C9H9NO2S. The van der Waals surface area contributed by atoms with Gasteiger partial charge in [0, 0.05) is 5.56 Å². The molecule has 0 bridgehead atoms. The van der Waals surface area contributed by atoms with Gasteiger partial charge in [0.25, 0.3) is 0 Å². The minimum atomic E-state index is -0.547. The quantitative estimate of drug-likeness (QED) is 0.693. The zero-order valence-electron chi connectivity index (χ0n) is 7.11. The molecule has 1 N–H and O–H groups in total. The zero-order valence-corrected chi connectivity index (χ0v) is 7.93. The van der Waals surface area contributed by atoms with Crippen LogP contribution in [0.1, 0.15) is 5.56 Å². The Kier molecular flexibility index (Phi) is 3.40. The molecule has 0 spiro atoms. The van der Waals surface area contributed by atoms with E-state index in [1.54, 1.807) is 0 Å². The fourth-order valence-corrected chi connectivity index (χ4v) is 1.02. The first-order valence-electron chi connectivity index (χ1n) is 3.68. The Morgan fingerprint density at radius 2 is 2.00 bits per heavy atom. The predicted molar refractivity (Wildman–Crippen MR) is 53.7 cm³/mol. The lowest BCUT2D eigenvalue weighted by Gasteiger charge is -2.04. The summed E-state index contributed by atoms with van der Waals surface area (Å²) in [5.41, 5.74) is 0.794. The van der Waals surface area contributed by atoms with Gasteiger partial charge in [0.05, 0.1) is 7.11 Å². The third-order valence-electron chi connectivity index (χ3n) is 1.44. The Balaban J connectivity index is 2.65. The van der Waals surface area contributed by atoms with Crippen molar-refractivity contribution >= 4 is 23.3 Å². The van der Waals surface area contributed by atoms with Gasteiger partial charge in [-0.2, -0.15) is 0 Å². The second-order valence-electron chi connectivity index (χ2n) is 2.31. The van der Waals surface area contributed by atoms with Crippen LogP contribution in [-0.4, -0.2) is 18.2 Å². The fraction of sp³-hybridized carbons (Fsp3) is 0.111.